The number of amides is 1. The fourth-order valence-electron chi connectivity index (χ4n) is 1.98. The van der Waals surface area contributed by atoms with E-state index in [1.54, 1.807) is 16.2 Å². The van der Waals surface area contributed by atoms with Crippen molar-refractivity contribution >= 4 is 17.4 Å². The molecule has 0 aliphatic carbocycles. The minimum Gasteiger partial charge on any atom is -0.481 e. The zero-order valence-corrected chi connectivity index (χ0v) is 12.5. The molecule has 1 aliphatic heterocycles. The highest BCUT2D eigenvalue weighted by Crippen LogP contribution is 2.24. The number of piperidine rings is 1. The van der Waals surface area contributed by atoms with Gasteiger partial charge in [-0.3, -0.25) is 0 Å². The SMILES string of the molecule is CC(C)(C)OC(=O)N1CCC(Oc2cccs2)CC1. The van der Waals surface area contributed by atoms with Crippen LogP contribution in [0.15, 0.2) is 17.5 Å². The first-order valence-electron chi connectivity index (χ1n) is 6.62. The van der Waals surface area contributed by atoms with Crippen molar-refractivity contribution in [3.63, 3.8) is 0 Å². The molecular weight excluding hydrogens is 262 g/mol. The van der Waals surface area contributed by atoms with Gasteiger partial charge in [-0.05, 0) is 38.3 Å². The normalized spacial score (nSPS) is 17.3. The fraction of sp³-hybridized carbons (Fsp3) is 0.643. The average Bonchev–Trinajstić information content (AvgIpc) is 2.80. The van der Waals surface area contributed by atoms with Crippen LogP contribution in [0.2, 0.25) is 0 Å². The molecule has 5 heteroatoms. The minimum atomic E-state index is -0.429. The summed E-state index contributed by atoms with van der Waals surface area (Å²) in [6.07, 6.45) is 1.70. The predicted octanol–water partition coefficient (Wildman–Crippen LogP) is 3.53. The second-order valence-electron chi connectivity index (χ2n) is 5.72. The summed E-state index contributed by atoms with van der Waals surface area (Å²) in [5, 5.41) is 2.96. The lowest BCUT2D eigenvalue weighted by molar-refractivity contribution is 0.0129. The summed E-state index contributed by atoms with van der Waals surface area (Å²) in [6.45, 7) is 7.06. The van der Waals surface area contributed by atoms with E-state index in [0.29, 0.717) is 13.1 Å². The Labute approximate surface area is 118 Å². The molecule has 1 amide bonds. The molecule has 0 unspecified atom stereocenters. The largest absolute Gasteiger partial charge is 0.481 e. The van der Waals surface area contributed by atoms with E-state index < -0.39 is 5.60 Å². The maximum atomic E-state index is 11.9. The van der Waals surface area contributed by atoms with Crippen LogP contribution in [0.3, 0.4) is 0 Å². The molecule has 1 aliphatic rings. The van der Waals surface area contributed by atoms with Gasteiger partial charge in [0.1, 0.15) is 11.7 Å². The van der Waals surface area contributed by atoms with Crippen LogP contribution >= 0.6 is 11.3 Å². The highest BCUT2D eigenvalue weighted by atomic mass is 32.1. The molecule has 0 radical (unpaired) electrons. The topological polar surface area (TPSA) is 38.8 Å². The first-order chi connectivity index (χ1) is 8.94. The van der Waals surface area contributed by atoms with Gasteiger partial charge in [0, 0.05) is 25.9 Å². The van der Waals surface area contributed by atoms with Gasteiger partial charge in [-0.1, -0.05) is 0 Å². The Hall–Kier alpha value is -1.23. The van der Waals surface area contributed by atoms with Gasteiger partial charge in [0.15, 0.2) is 5.06 Å². The van der Waals surface area contributed by atoms with Gasteiger partial charge in [0.05, 0.1) is 0 Å². The second-order valence-corrected chi connectivity index (χ2v) is 6.63. The zero-order valence-electron chi connectivity index (χ0n) is 11.7. The third-order valence-corrected chi connectivity index (χ3v) is 3.63. The molecule has 0 N–H and O–H groups in total. The molecule has 4 nitrogen and oxygen atoms in total. The number of ether oxygens (including phenoxy) is 2. The Bertz CT molecular complexity index is 403. The van der Waals surface area contributed by atoms with E-state index in [-0.39, 0.29) is 12.2 Å². The molecule has 2 heterocycles. The van der Waals surface area contributed by atoms with Crippen molar-refractivity contribution in [1.29, 1.82) is 0 Å². The summed E-state index contributed by atoms with van der Waals surface area (Å²) in [7, 11) is 0. The van der Waals surface area contributed by atoms with Crippen molar-refractivity contribution in [2.45, 2.75) is 45.3 Å². The molecule has 106 valence electrons. The highest BCUT2D eigenvalue weighted by Gasteiger charge is 2.27. The number of carbonyl (C=O) groups excluding carboxylic acids is 1. The summed E-state index contributed by atoms with van der Waals surface area (Å²) in [4.78, 5) is 13.7. The summed E-state index contributed by atoms with van der Waals surface area (Å²) < 4.78 is 11.2. The van der Waals surface area contributed by atoms with Gasteiger partial charge < -0.3 is 14.4 Å². The van der Waals surface area contributed by atoms with Crippen molar-refractivity contribution in [3.05, 3.63) is 17.5 Å². The zero-order chi connectivity index (χ0) is 13.9. The molecule has 1 fully saturated rings. The van der Waals surface area contributed by atoms with Gasteiger partial charge in [-0.15, -0.1) is 11.3 Å². The van der Waals surface area contributed by atoms with Crippen LogP contribution in [0.5, 0.6) is 5.06 Å². The molecule has 0 bridgehead atoms. The van der Waals surface area contributed by atoms with E-state index in [9.17, 15) is 4.79 Å². The smallest absolute Gasteiger partial charge is 0.410 e. The molecular formula is C14H21NO3S. The number of carbonyl (C=O) groups is 1. The molecule has 0 atom stereocenters. The first kappa shape index (κ1) is 14.2. The summed E-state index contributed by atoms with van der Waals surface area (Å²) in [5.74, 6) is 0. The van der Waals surface area contributed by atoms with Crippen molar-refractivity contribution in [2.24, 2.45) is 0 Å². The lowest BCUT2D eigenvalue weighted by Gasteiger charge is -2.33. The monoisotopic (exact) mass is 283 g/mol. The number of thiophene rings is 1. The van der Waals surface area contributed by atoms with E-state index in [0.717, 1.165) is 17.9 Å². The maximum absolute atomic E-state index is 11.9. The highest BCUT2D eigenvalue weighted by molar-refractivity contribution is 7.11. The number of rotatable bonds is 2. The summed E-state index contributed by atoms with van der Waals surface area (Å²) in [5.41, 5.74) is -0.429. The van der Waals surface area contributed by atoms with Gasteiger partial charge in [-0.25, -0.2) is 4.79 Å². The fourth-order valence-corrected chi connectivity index (χ4v) is 2.62. The Morgan fingerprint density at radius 1 is 1.37 bits per heavy atom. The van der Waals surface area contributed by atoms with E-state index in [2.05, 4.69) is 0 Å². The summed E-state index contributed by atoms with van der Waals surface area (Å²) >= 11 is 1.60. The van der Waals surface area contributed by atoms with E-state index in [1.165, 1.54) is 0 Å². The second kappa shape index (κ2) is 5.82. The molecule has 1 aromatic rings. The van der Waals surface area contributed by atoms with Crippen molar-refractivity contribution in [2.75, 3.05) is 13.1 Å². The van der Waals surface area contributed by atoms with Crippen molar-refractivity contribution in [1.82, 2.24) is 4.90 Å². The van der Waals surface area contributed by atoms with Gasteiger partial charge >= 0.3 is 6.09 Å². The van der Waals surface area contributed by atoms with Crippen LogP contribution < -0.4 is 4.74 Å². The van der Waals surface area contributed by atoms with Crippen LogP contribution in [-0.4, -0.2) is 35.8 Å². The number of nitrogens with zero attached hydrogens (tertiary/aromatic N) is 1. The van der Waals surface area contributed by atoms with E-state index >= 15 is 0 Å². The Morgan fingerprint density at radius 2 is 2.05 bits per heavy atom. The van der Waals surface area contributed by atoms with Gasteiger partial charge in [-0.2, -0.15) is 0 Å². The first-order valence-corrected chi connectivity index (χ1v) is 7.50. The van der Waals surface area contributed by atoms with Crippen LogP contribution in [0.1, 0.15) is 33.6 Å². The Kier molecular flexibility index (Phi) is 4.34. The maximum Gasteiger partial charge on any atom is 0.410 e. The molecule has 1 saturated heterocycles. The van der Waals surface area contributed by atoms with Gasteiger partial charge in [0.2, 0.25) is 0 Å². The Morgan fingerprint density at radius 3 is 2.58 bits per heavy atom. The Balaban J connectivity index is 1.77. The van der Waals surface area contributed by atoms with Crippen LogP contribution in [0.4, 0.5) is 4.79 Å². The molecule has 0 saturated carbocycles. The number of hydrogen-bond acceptors (Lipinski definition) is 4. The third-order valence-electron chi connectivity index (χ3n) is 2.87. The molecule has 2 rings (SSSR count). The molecule has 1 aromatic heterocycles. The lowest BCUT2D eigenvalue weighted by atomic mass is 10.1. The number of likely N-dealkylation sites (tertiary alicyclic amines) is 1. The van der Waals surface area contributed by atoms with Crippen molar-refractivity contribution in [3.8, 4) is 5.06 Å². The average molecular weight is 283 g/mol. The van der Waals surface area contributed by atoms with E-state index in [4.69, 9.17) is 9.47 Å². The predicted molar refractivity (Wildman–Crippen MR) is 75.8 cm³/mol. The van der Waals surface area contributed by atoms with Crippen LogP contribution in [0, 0.1) is 0 Å². The minimum absolute atomic E-state index is 0.206. The number of hydrogen-bond donors (Lipinski definition) is 0. The third kappa shape index (κ3) is 4.42. The van der Waals surface area contributed by atoms with Crippen LogP contribution in [-0.2, 0) is 4.74 Å². The van der Waals surface area contributed by atoms with Crippen LogP contribution in [0.25, 0.3) is 0 Å². The van der Waals surface area contributed by atoms with Gasteiger partial charge in [0.25, 0.3) is 0 Å². The lowest BCUT2D eigenvalue weighted by Crippen LogP contribution is -2.44. The molecule has 0 aromatic carbocycles. The molecule has 0 spiro atoms. The van der Waals surface area contributed by atoms with E-state index in [1.807, 2.05) is 38.3 Å². The molecule has 19 heavy (non-hydrogen) atoms. The standard InChI is InChI=1S/C14H21NO3S/c1-14(2,3)18-13(16)15-8-6-11(7-9-15)17-12-5-4-10-19-12/h4-5,10-11H,6-9H2,1-3H3. The van der Waals surface area contributed by atoms with Crippen molar-refractivity contribution < 1.29 is 14.3 Å². The quantitative estimate of drug-likeness (QED) is 0.833. The summed E-state index contributed by atoms with van der Waals surface area (Å²) in [6, 6.07) is 3.96.